The van der Waals surface area contributed by atoms with E-state index in [2.05, 4.69) is 47.5 Å². The van der Waals surface area contributed by atoms with E-state index in [0.29, 0.717) is 12.6 Å². The van der Waals surface area contributed by atoms with Crippen molar-refractivity contribution in [2.24, 2.45) is 0 Å². The highest BCUT2D eigenvalue weighted by Crippen LogP contribution is 2.12. The Labute approximate surface area is 150 Å². The molecule has 1 saturated heterocycles. The average molecular weight is 337 g/mol. The van der Waals surface area contributed by atoms with Gasteiger partial charge in [-0.2, -0.15) is 0 Å². The summed E-state index contributed by atoms with van der Waals surface area (Å²) in [6, 6.07) is 21.2. The molecule has 0 aromatic heterocycles. The van der Waals surface area contributed by atoms with Crippen LogP contribution >= 0.6 is 0 Å². The molecule has 4 heteroatoms. The molecule has 2 amide bonds. The molecule has 0 radical (unpaired) electrons. The van der Waals surface area contributed by atoms with Crippen molar-refractivity contribution in [3.8, 4) is 0 Å². The van der Waals surface area contributed by atoms with Crippen LogP contribution in [0.15, 0.2) is 60.7 Å². The van der Waals surface area contributed by atoms with E-state index in [1.54, 1.807) is 0 Å². The minimum atomic E-state index is 0.0409. The first-order valence-electron chi connectivity index (χ1n) is 9.07. The SMILES string of the molecule is CC(Cc1ccccc1)N1CCN(C(=O)NCc2ccccc2)CC1. The number of amides is 2. The fourth-order valence-electron chi connectivity index (χ4n) is 3.34. The quantitative estimate of drug-likeness (QED) is 0.910. The maximum Gasteiger partial charge on any atom is 0.317 e. The van der Waals surface area contributed by atoms with Gasteiger partial charge in [0.15, 0.2) is 0 Å². The first-order chi connectivity index (χ1) is 12.2. The lowest BCUT2D eigenvalue weighted by Gasteiger charge is -2.38. The van der Waals surface area contributed by atoms with Crippen LogP contribution in [0.3, 0.4) is 0 Å². The smallest absolute Gasteiger partial charge is 0.317 e. The van der Waals surface area contributed by atoms with Crippen molar-refractivity contribution in [2.75, 3.05) is 26.2 Å². The van der Waals surface area contributed by atoms with Crippen molar-refractivity contribution in [1.82, 2.24) is 15.1 Å². The molecule has 2 aromatic carbocycles. The monoisotopic (exact) mass is 337 g/mol. The van der Waals surface area contributed by atoms with Gasteiger partial charge in [0.25, 0.3) is 0 Å². The van der Waals surface area contributed by atoms with Gasteiger partial charge in [0, 0.05) is 38.8 Å². The first-order valence-corrected chi connectivity index (χ1v) is 9.07. The van der Waals surface area contributed by atoms with Gasteiger partial charge < -0.3 is 10.2 Å². The van der Waals surface area contributed by atoms with Crippen LogP contribution in [-0.4, -0.2) is 48.1 Å². The maximum atomic E-state index is 12.3. The van der Waals surface area contributed by atoms with Crippen molar-refractivity contribution in [3.05, 3.63) is 71.8 Å². The van der Waals surface area contributed by atoms with Crippen LogP contribution in [-0.2, 0) is 13.0 Å². The number of nitrogens with one attached hydrogen (secondary N) is 1. The Morgan fingerprint density at radius 3 is 2.08 bits per heavy atom. The van der Waals surface area contributed by atoms with Gasteiger partial charge in [0.1, 0.15) is 0 Å². The second-order valence-corrected chi connectivity index (χ2v) is 6.71. The number of urea groups is 1. The highest BCUT2D eigenvalue weighted by atomic mass is 16.2. The van der Waals surface area contributed by atoms with Crippen molar-refractivity contribution in [2.45, 2.75) is 25.9 Å². The molecule has 1 unspecified atom stereocenters. The van der Waals surface area contributed by atoms with Crippen LogP contribution < -0.4 is 5.32 Å². The molecule has 0 bridgehead atoms. The molecule has 132 valence electrons. The second-order valence-electron chi connectivity index (χ2n) is 6.71. The molecule has 25 heavy (non-hydrogen) atoms. The highest BCUT2D eigenvalue weighted by molar-refractivity contribution is 5.74. The molecule has 0 saturated carbocycles. The van der Waals surface area contributed by atoms with Crippen LogP contribution in [0.1, 0.15) is 18.1 Å². The molecule has 1 heterocycles. The lowest BCUT2D eigenvalue weighted by atomic mass is 10.1. The maximum absolute atomic E-state index is 12.3. The number of nitrogens with zero attached hydrogens (tertiary/aromatic N) is 2. The van der Waals surface area contributed by atoms with Gasteiger partial charge in [0.2, 0.25) is 0 Å². The molecule has 1 aliphatic heterocycles. The van der Waals surface area contributed by atoms with E-state index in [1.807, 2.05) is 35.2 Å². The third-order valence-electron chi connectivity index (χ3n) is 4.89. The van der Waals surface area contributed by atoms with Crippen LogP contribution in [0.4, 0.5) is 4.79 Å². The minimum absolute atomic E-state index is 0.0409. The number of rotatable bonds is 5. The number of piperazine rings is 1. The summed E-state index contributed by atoms with van der Waals surface area (Å²) < 4.78 is 0. The van der Waals surface area contributed by atoms with E-state index in [0.717, 1.165) is 38.2 Å². The van der Waals surface area contributed by atoms with Gasteiger partial charge in [-0.3, -0.25) is 4.90 Å². The van der Waals surface area contributed by atoms with Crippen LogP contribution in [0.2, 0.25) is 0 Å². The third kappa shape index (κ3) is 5.07. The number of benzene rings is 2. The van der Waals surface area contributed by atoms with Crippen molar-refractivity contribution < 1.29 is 4.79 Å². The molecular weight excluding hydrogens is 310 g/mol. The summed E-state index contributed by atoms with van der Waals surface area (Å²) in [6.07, 6.45) is 1.06. The predicted octanol–water partition coefficient (Wildman–Crippen LogP) is 3.15. The summed E-state index contributed by atoms with van der Waals surface area (Å²) in [5.74, 6) is 0. The van der Waals surface area contributed by atoms with Gasteiger partial charge in [-0.05, 0) is 24.5 Å². The molecule has 1 atom stereocenters. The van der Waals surface area contributed by atoms with Crippen LogP contribution in [0, 0.1) is 0 Å². The van der Waals surface area contributed by atoms with E-state index >= 15 is 0 Å². The molecule has 0 aliphatic carbocycles. The number of hydrogen-bond acceptors (Lipinski definition) is 2. The zero-order valence-corrected chi connectivity index (χ0v) is 14.9. The summed E-state index contributed by atoms with van der Waals surface area (Å²) in [6.45, 7) is 6.32. The van der Waals surface area contributed by atoms with Crippen molar-refractivity contribution >= 4 is 6.03 Å². The number of hydrogen-bond donors (Lipinski definition) is 1. The zero-order chi connectivity index (χ0) is 17.5. The van der Waals surface area contributed by atoms with Gasteiger partial charge >= 0.3 is 6.03 Å². The van der Waals surface area contributed by atoms with Gasteiger partial charge in [-0.15, -0.1) is 0 Å². The zero-order valence-electron chi connectivity index (χ0n) is 14.9. The summed E-state index contributed by atoms with van der Waals surface area (Å²) in [5.41, 5.74) is 2.50. The van der Waals surface area contributed by atoms with Gasteiger partial charge in [-0.25, -0.2) is 4.79 Å². The topological polar surface area (TPSA) is 35.6 Å². The van der Waals surface area contributed by atoms with Crippen molar-refractivity contribution in [1.29, 1.82) is 0 Å². The molecule has 2 aromatic rings. The van der Waals surface area contributed by atoms with E-state index in [9.17, 15) is 4.79 Å². The summed E-state index contributed by atoms with van der Waals surface area (Å²) in [4.78, 5) is 16.7. The Bertz CT molecular complexity index is 651. The molecule has 4 nitrogen and oxygen atoms in total. The highest BCUT2D eigenvalue weighted by Gasteiger charge is 2.23. The number of carbonyl (C=O) groups excluding carboxylic acids is 1. The normalized spacial score (nSPS) is 16.4. The van der Waals surface area contributed by atoms with Crippen LogP contribution in [0.5, 0.6) is 0 Å². The lowest BCUT2D eigenvalue weighted by molar-refractivity contribution is 0.113. The number of carbonyl (C=O) groups is 1. The first kappa shape index (κ1) is 17.5. The summed E-state index contributed by atoms with van der Waals surface area (Å²) >= 11 is 0. The van der Waals surface area contributed by atoms with E-state index in [-0.39, 0.29) is 6.03 Å². The Hall–Kier alpha value is -2.33. The second kappa shape index (κ2) is 8.67. The Balaban J connectivity index is 1.42. The Kier molecular flexibility index (Phi) is 6.07. The van der Waals surface area contributed by atoms with Gasteiger partial charge in [-0.1, -0.05) is 60.7 Å². The van der Waals surface area contributed by atoms with E-state index in [4.69, 9.17) is 0 Å². The summed E-state index contributed by atoms with van der Waals surface area (Å²) in [7, 11) is 0. The standard InChI is InChI=1S/C21H27N3O/c1-18(16-19-8-4-2-5-9-19)23-12-14-24(15-13-23)21(25)22-17-20-10-6-3-7-11-20/h2-11,18H,12-17H2,1H3,(H,22,25). The third-order valence-corrected chi connectivity index (χ3v) is 4.89. The van der Waals surface area contributed by atoms with Gasteiger partial charge in [0.05, 0.1) is 0 Å². The predicted molar refractivity (Wildman–Crippen MR) is 101 cm³/mol. The van der Waals surface area contributed by atoms with E-state index in [1.165, 1.54) is 5.56 Å². The lowest BCUT2D eigenvalue weighted by Crippen LogP contribution is -2.53. The van der Waals surface area contributed by atoms with Crippen LogP contribution in [0.25, 0.3) is 0 Å². The largest absolute Gasteiger partial charge is 0.334 e. The molecule has 1 aliphatic rings. The fraction of sp³-hybridized carbons (Fsp3) is 0.381. The van der Waals surface area contributed by atoms with E-state index < -0.39 is 0 Å². The molecule has 0 spiro atoms. The molecule has 3 rings (SSSR count). The Morgan fingerprint density at radius 1 is 0.920 bits per heavy atom. The van der Waals surface area contributed by atoms with Crippen molar-refractivity contribution in [3.63, 3.8) is 0 Å². The summed E-state index contributed by atoms with van der Waals surface area (Å²) in [5, 5.41) is 3.02. The molecule has 1 fully saturated rings. The molecule has 1 N–H and O–H groups in total. The molecular formula is C21H27N3O. The average Bonchev–Trinajstić information content (AvgIpc) is 2.68. The minimum Gasteiger partial charge on any atom is -0.334 e. The fourth-order valence-corrected chi connectivity index (χ4v) is 3.34. The Morgan fingerprint density at radius 2 is 1.48 bits per heavy atom.